The van der Waals surface area contributed by atoms with E-state index < -0.39 is 5.60 Å². The van der Waals surface area contributed by atoms with E-state index in [2.05, 4.69) is 15.3 Å². The zero-order chi connectivity index (χ0) is 14.3. The fraction of sp³-hybridized carbons (Fsp3) is 0.500. The lowest BCUT2D eigenvalue weighted by Crippen LogP contribution is -2.43. The highest BCUT2D eigenvalue weighted by atomic mass is 16.3. The molecule has 20 heavy (non-hydrogen) atoms. The van der Waals surface area contributed by atoms with Crippen molar-refractivity contribution in [1.29, 1.82) is 0 Å². The van der Waals surface area contributed by atoms with Gasteiger partial charge in [-0.25, -0.2) is 9.97 Å². The molecule has 6 heteroatoms. The number of aliphatic hydroxyl groups is 1. The van der Waals surface area contributed by atoms with Gasteiger partial charge in [0.2, 0.25) is 5.71 Å². The molecule has 1 fully saturated rings. The van der Waals surface area contributed by atoms with E-state index in [1.807, 2.05) is 0 Å². The maximum atomic E-state index is 11.8. The van der Waals surface area contributed by atoms with E-state index in [4.69, 9.17) is 4.42 Å². The first-order valence-electron chi connectivity index (χ1n) is 6.71. The van der Waals surface area contributed by atoms with Gasteiger partial charge in [-0.05, 0) is 33.1 Å². The molecule has 3 rings (SSSR count). The Morgan fingerprint density at radius 1 is 1.50 bits per heavy atom. The molecule has 106 valence electrons. The molecule has 0 atom stereocenters. The van der Waals surface area contributed by atoms with Crippen molar-refractivity contribution < 1.29 is 14.3 Å². The number of furan rings is 1. The Morgan fingerprint density at radius 3 is 2.85 bits per heavy atom. The quantitative estimate of drug-likeness (QED) is 0.830. The average Bonchev–Trinajstić information content (AvgIpc) is 2.70. The van der Waals surface area contributed by atoms with Gasteiger partial charge in [0.05, 0.1) is 16.6 Å². The van der Waals surface area contributed by atoms with Gasteiger partial charge >= 0.3 is 0 Å². The highest BCUT2D eigenvalue weighted by Crippen LogP contribution is 2.33. The van der Waals surface area contributed by atoms with Gasteiger partial charge < -0.3 is 14.8 Å². The number of nitrogens with one attached hydrogen (secondary N) is 1. The number of carbonyl (C=O) groups is 1. The summed E-state index contributed by atoms with van der Waals surface area (Å²) >= 11 is 0. The van der Waals surface area contributed by atoms with Crippen LogP contribution in [-0.4, -0.2) is 33.0 Å². The fourth-order valence-electron chi connectivity index (χ4n) is 2.61. The number of rotatable bonds is 4. The van der Waals surface area contributed by atoms with Crippen LogP contribution in [0.3, 0.4) is 0 Å². The van der Waals surface area contributed by atoms with Crippen molar-refractivity contribution in [1.82, 2.24) is 9.97 Å². The van der Waals surface area contributed by atoms with Crippen molar-refractivity contribution in [3.63, 3.8) is 0 Å². The predicted octanol–water partition coefficient (Wildman–Crippen LogP) is 2.06. The number of carbonyl (C=O) groups excluding carboxylic acids is 1. The van der Waals surface area contributed by atoms with Gasteiger partial charge in [-0.3, -0.25) is 4.79 Å². The van der Waals surface area contributed by atoms with Crippen LogP contribution in [0.5, 0.6) is 0 Å². The number of anilines is 1. The molecule has 0 saturated heterocycles. The van der Waals surface area contributed by atoms with Gasteiger partial charge in [0.25, 0.3) is 0 Å². The predicted molar refractivity (Wildman–Crippen MR) is 73.8 cm³/mol. The first kappa shape index (κ1) is 13.1. The molecule has 1 saturated carbocycles. The first-order chi connectivity index (χ1) is 9.50. The van der Waals surface area contributed by atoms with E-state index in [9.17, 15) is 9.90 Å². The summed E-state index contributed by atoms with van der Waals surface area (Å²) in [5, 5.41) is 13.9. The molecule has 2 heterocycles. The third-order valence-corrected chi connectivity index (χ3v) is 3.89. The maximum Gasteiger partial charge on any atom is 0.232 e. The third-order valence-electron chi connectivity index (χ3n) is 3.89. The number of aryl methyl sites for hydroxylation is 1. The zero-order valence-corrected chi connectivity index (χ0v) is 11.6. The monoisotopic (exact) mass is 275 g/mol. The van der Waals surface area contributed by atoms with Crippen LogP contribution in [0.15, 0.2) is 10.7 Å². The van der Waals surface area contributed by atoms with Gasteiger partial charge in [0, 0.05) is 6.54 Å². The first-order valence-corrected chi connectivity index (χ1v) is 6.71. The van der Waals surface area contributed by atoms with Gasteiger partial charge in [-0.15, -0.1) is 0 Å². The largest absolute Gasteiger partial charge is 0.442 e. The van der Waals surface area contributed by atoms with E-state index >= 15 is 0 Å². The lowest BCUT2D eigenvalue weighted by molar-refractivity contribution is -0.0202. The average molecular weight is 275 g/mol. The molecule has 6 nitrogen and oxygen atoms in total. The molecular weight excluding hydrogens is 258 g/mol. The molecular formula is C14H17N3O3. The summed E-state index contributed by atoms with van der Waals surface area (Å²) in [5.41, 5.74) is 0.237. The fourth-order valence-corrected chi connectivity index (χ4v) is 2.61. The second kappa shape index (κ2) is 4.56. The minimum Gasteiger partial charge on any atom is -0.442 e. The lowest BCUT2D eigenvalue weighted by atomic mass is 9.80. The standard InChI is InChI=1S/C14H17N3O3/c1-8(18)10-9(2)20-13-11(10)12(16-7-17-13)15-6-14(19)4-3-5-14/h7,19H,3-6H2,1-2H3,(H,15,16,17). The van der Waals surface area contributed by atoms with Crippen LogP contribution < -0.4 is 5.32 Å². The van der Waals surface area contributed by atoms with Crippen LogP contribution in [0.2, 0.25) is 0 Å². The van der Waals surface area contributed by atoms with Crippen LogP contribution in [-0.2, 0) is 0 Å². The van der Waals surface area contributed by atoms with Crippen LogP contribution in [0.4, 0.5) is 5.82 Å². The Bertz CT molecular complexity index is 674. The molecule has 2 N–H and O–H groups in total. The van der Waals surface area contributed by atoms with E-state index in [0.29, 0.717) is 34.8 Å². The molecule has 0 amide bonds. The summed E-state index contributed by atoms with van der Waals surface area (Å²) in [6.07, 6.45) is 4.01. The Kier molecular flexibility index (Phi) is 2.97. The van der Waals surface area contributed by atoms with Gasteiger partial charge in [-0.1, -0.05) is 0 Å². The SMILES string of the molecule is CC(=O)c1c(C)oc2ncnc(NCC3(O)CCC3)c12. The van der Waals surface area contributed by atoms with Crippen molar-refractivity contribution in [2.45, 2.75) is 38.7 Å². The summed E-state index contributed by atoms with van der Waals surface area (Å²) in [7, 11) is 0. The molecule has 1 aliphatic carbocycles. The molecule has 2 aromatic heterocycles. The van der Waals surface area contributed by atoms with Crippen LogP contribution in [0.25, 0.3) is 11.1 Å². The Hall–Kier alpha value is -1.95. The van der Waals surface area contributed by atoms with Crippen molar-refractivity contribution in [3.05, 3.63) is 17.7 Å². The summed E-state index contributed by atoms with van der Waals surface area (Å²) in [6.45, 7) is 3.65. The Morgan fingerprint density at radius 2 is 2.25 bits per heavy atom. The van der Waals surface area contributed by atoms with Crippen molar-refractivity contribution in [2.75, 3.05) is 11.9 Å². The zero-order valence-electron chi connectivity index (χ0n) is 11.6. The van der Waals surface area contributed by atoms with Gasteiger partial charge in [0.15, 0.2) is 5.78 Å². The Labute approximate surface area is 116 Å². The van der Waals surface area contributed by atoms with E-state index in [-0.39, 0.29) is 5.78 Å². The number of fused-ring (bicyclic) bond motifs is 1. The molecule has 0 radical (unpaired) electrons. The van der Waals surface area contributed by atoms with Crippen LogP contribution >= 0.6 is 0 Å². The number of ketones is 1. The van der Waals surface area contributed by atoms with Crippen LogP contribution in [0, 0.1) is 6.92 Å². The molecule has 2 aromatic rings. The molecule has 1 aliphatic rings. The summed E-state index contributed by atoms with van der Waals surface area (Å²) < 4.78 is 5.50. The highest BCUT2D eigenvalue weighted by molar-refractivity contribution is 6.09. The minimum atomic E-state index is -0.660. The van der Waals surface area contributed by atoms with E-state index in [1.165, 1.54) is 13.3 Å². The summed E-state index contributed by atoms with van der Waals surface area (Å²) in [4.78, 5) is 20.0. The number of hydrogen-bond donors (Lipinski definition) is 2. The molecule has 0 bridgehead atoms. The number of aromatic nitrogens is 2. The third kappa shape index (κ3) is 2.06. The maximum absolute atomic E-state index is 11.8. The molecule has 0 aromatic carbocycles. The summed E-state index contributed by atoms with van der Waals surface area (Å²) in [6, 6.07) is 0. The second-order valence-corrected chi connectivity index (χ2v) is 5.42. The lowest BCUT2D eigenvalue weighted by Gasteiger charge is -2.36. The second-order valence-electron chi connectivity index (χ2n) is 5.42. The molecule has 0 aliphatic heterocycles. The van der Waals surface area contributed by atoms with E-state index in [0.717, 1.165) is 19.3 Å². The normalized spacial score (nSPS) is 16.9. The highest BCUT2D eigenvalue weighted by Gasteiger charge is 2.34. The molecule has 0 unspecified atom stereocenters. The number of hydrogen-bond acceptors (Lipinski definition) is 6. The smallest absolute Gasteiger partial charge is 0.232 e. The summed E-state index contributed by atoms with van der Waals surface area (Å²) in [5.74, 6) is 0.997. The van der Waals surface area contributed by atoms with Crippen molar-refractivity contribution in [2.24, 2.45) is 0 Å². The van der Waals surface area contributed by atoms with Gasteiger partial charge in [-0.2, -0.15) is 0 Å². The van der Waals surface area contributed by atoms with Crippen LogP contribution in [0.1, 0.15) is 42.3 Å². The molecule has 0 spiro atoms. The number of nitrogens with zero attached hydrogens (tertiary/aromatic N) is 2. The van der Waals surface area contributed by atoms with Crippen molar-refractivity contribution >= 4 is 22.7 Å². The van der Waals surface area contributed by atoms with E-state index in [1.54, 1.807) is 6.92 Å². The van der Waals surface area contributed by atoms with Crippen molar-refractivity contribution in [3.8, 4) is 0 Å². The minimum absolute atomic E-state index is 0.0820. The number of Topliss-reactive ketones (excluding diaryl/α,β-unsaturated/α-hetero) is 1. The van der Waals surface area contributed by atoms with Gasteiger partial charge in [0.1, 0.15) is 17.9 Å². The Balaban J connectivity index is 1.99. The topological polar surface area (TPSA) is 88.2 Å².